The van der Waals surface area contributed by atoms with Gasteiger partial charge in [-0.3, -0.25) is 0 Å². The maximum Gasteiger partial charge on any atom is 0.0490 e. The molecule has 0 bridgehead atoms. The molecule has 0 heterocycles. The molecule has 1 N–H and O–H groups in total. The van der Waals surface area contributed by atoms with Gasteiger partial charge < -0.3 is 5.11 Å². The minimum absolute atomic E-state index is 0.0137. The summed E-state index contributed by atoms with van der Waals surface area (Å²) in [6, 6.07) is 6.64. The van der Waals surface area contributed by atoms with Gasteiger partial charge in [0.15, 0.2) is 0 Å². The molecule has 0 fully saturated rings. The lowest BCUT2D eigenvalue weighted by Crippen LogP contribution is -2.30. The molecule has 0 radical (unpaired) electrons. The van der Waals surface area contributed by atoms with Gasteiger partial charge in [0.2, 0.25) is 0 Å². The summed E-state index contributed by atoms with van der Waals surface area (Å²) >= 11 is 0. The Kier molecular flexibility index (Phi) is 4.15. The zero-order valence-electron chi connectivity index (χ0n) is 11.2. The highest BCUT2D eigenvalue weighted by Gasteiger charge is 2.27. The zero-order valence-corrected chi connectivity index (χ0v) is 11.2. The SMILES string of the molecule is Cc1cc(C)cc(CC(C)(CO)C(C)C)c1. The number of aliphatic hydroxyl groups is 1. The second kappa shape index (κ2) is 5.01. The van der Waals surface area contributed by atoms with E-state index in [1.165, 1.54) is 16.7 Å². The Bertz CT molecular complexity index is 334. The van der Waals surface area contributed by atoms with Crippen molar-refractivity contribution in [2.24, 2.45) is 11.3 Å². The monoisotopic (exact) mass is 220 g/mol. The number of rotatable bonds is 4. The van der Waals surface area contributed by atoms with Crippen molar-refractivity contribution in [3.05, 3.63) is 34.9 Å². The van der Waals surface area contributed by atoms with Crippen LogP contribution < -0.4 is 0 Å². The first kappa shape index (κ1) is 13.2. The minimum atomic E-state index is -0.0137. The highest BCUT2D eigenvalue weighted by atomic mass is 16.3. The number of benzene rings is 1. The van der Waals surface area contributed by atoms with E-state index in [1.54, 1.807) is 0 Å². The maximum atomic E-state index is 9.56. The van der Waals surface area contributed by atoms with Crippen molar-refractivity contribution in [1.29, 1.82) is 0 Å². The fraction of sp³-hybridized carbons (Fsp3) is 0.600. The molecule has 0 spiro atoms. The molecule has 0 saturated carbocycles. The lowest BCUT2D eigenvalue weighted by Gasteiger charge is -2.32. The largest absolute Gasteiger partial charge is 0.396 e. The summed E-state index contributed by atoms with van der Waals surface area (Å²) < 4.78 is 0. The molecule has 1 aromatic carbocycles. The van der Waals surface area contributed by atoms with E-state index in [4.69, 9.17) is 0 Å². The number of hydrogen-bond acceptors (Lipinski definition) is 1. The molecule has 0 aromatic heterocycles. The molecule has 0 aliphatic carbocycles. The molecule has 90 valence electrons. The molecule has 0 saturated heterocycles. The van der Waals surface area contributed by atoms with Crippen LogP contribution in [0.1, 0.15) is 37.5 Å². The second-order valence-corrected chi connectivity index (χ2v) is 5.64. The Hall–Kier alpha value is -0.820. The van der Waals surface area contributed by atoms with Crippen molar-refractivity contribution in [2.75, 3.05) is 6.61 Å². The van der Waals surface area contributed by atoms with Crippen molar-refractivity contribution in [3.8, 4) is 0 Å². The molecular weight excluding hydrogens is 196 g/mol. The number of aliphatic hydroxyl groups excluding tert-OH is 1. The van der Waals surface area contributed by atoms with Crippen molar-refractivity contribution in [2.45, 2.75) is 41.0 Å². The Balaban J connectivity index is 2.94. The van der Waals surface area contributed by atoms with E-state index >= 15 is 0 Å². The van der Waals surface area contributed by atoms with Crippen LogP contribution in [-0.2, 0) is 6.42 Å². The van der Waals surface area contributed by atoms with Crippen LogP contribution in [0.5, 0.6) is 0 Å². The first-order valence-corrected chi connectivity index (χ1v) is 6.05. The predicted octanol–water partition coefficient (Wildman–Crippen LogP) is 3.50. The number of hydrogen-bond donors (Lipinski definition) is 1. The third-order valence-corrected chi connectivity index (χ3v) is 3.64. The normalized spacial score (nSPS) is 15.2. The predicted molar refractivity (Wildman–Crippen MR) is 69.7 cm³/mol. The molecule has 16 heavy (non-hydrogen) atoms. The summed E-state index contributed by atoms with van der Waals surface area (Å²) in [5, 5.41) is 9.56. The quantitative estimate of drug-likeness (QED) is 0.823. The molecular formula is C15H24O. The Morgan fingerprint density at radius 2 is 1.62 bits per heavy atom. The van der Waals surface area contributed by atoms with Crippen molar-refractivity contribution in [1.82, 2.24) is 0 Å². The van der Waals surface area contributed by atoms with E-state index in [-0.39, 0.29) is 12.0 Å². The van der Waals surface area contributed by atoms with Crippen LogP contribution in [0.25, 0.3) is 0 Å². The van der Waals surface area contributed by atoms with Crippen molar-refractivity contribution >= 4 is 0 Å². The molecule has 1 heteroatoms. The third-order valence-electron chi connectivity index (χ3n) is 3.64. The van der Waals surface area contributed by atoms with E-state index in [0.29, 0.717) is 5.92 Å². The topological polar surface area (TPSA) is 20.2 Å². The van der Waals surface area contributed by atoms with Crippen LogP contribution >= 0.6 is 0 Å². The molecule has 0 aliphatic rings. The fourth-order valence-electron chi connectivity index (χ4n) is 2.08. The van der Waals surface area contributed by atoms with Crippen LogP contribution in [-0.4, -0.2) is 11.7 Å². The first-order valence-electron chi connectivity index (χ1n) is 6.05. The van der Waals surface area contributed by atoms with Crippen molar-refractivity contribution < 1.29 is 5.11 Å². The molecule has 0 aliphatic heterocycles. The van der Waals surface area contributed by atoms with Gasteiger partial charge in [0.25, 0.3) is 0 Å². The summed E-state index contributed by atoms with van der Waals surface area (Å²) in [4.78, 5) is 0. The van der Waals surface area contributed by atoms with E-state index in [1.807, 2.05) is 0 Å². The molecule has 0 amide bonds. The van der Waals surface area contributed by atoms with Crippen molar-refractivity contribution in [3.63, 3.8) is 0 Å². The Labute approximate surface area is 99.5 Å². The van der Waals surface area contributed by atoms with Gasteiger partial charge in [0.1, 0.15) is 0 Å². The summed E-state index contributed by atoms with van der Waals surface area (Å²) in [5.74, 6) is 0.485. The van der Waals surface area contributed by atoms with Gasteiger partial charge in [-0.05, 0) is 37.2 Å². The molecule has 1 nitrogen and oxygen atoms in total. The molecule has 1 atom stereocenters. The van der Waals surface area contributed by atoms with Gasteiger partial charge in [-0.2, -0.15) is 0 Å². The average molecular weight is 220 g/mol. The maximum absolute atomic E-state index is 9.56. The van der Waals surface area contributed by atoms with E-state index in [9.17, 15) is 5.11 Å². The summed E-state index contributed by atoms with van der Waals surface area (Å²) in [6.07, 6.45) is 0.948. The Morgan fingerprint density at radius 3 is 2.00 bits per heavy atom. The van der Waals surface area contributed by atoms with E-state index in [0.717, 1.165) is 6.42 Å². The fourth-order valence-corrected chi connectivity index (χ4v) is 2.08. The molecule has 1 rings (SSSR count). The van der Waals surface area contributed by atoms with Gasteiger partial charge in [-0.25, -0.2) is 0 Å². The summed E-state index contributed by atoms with van der Waals surface area (Å²) in [7, 11) is 0. The lowest BCUT2D eigenvalue weighted by molar-refractivity contribution is 0.0947. The highest BCUT2D eigenvalue weighted by Crippen LogP contribution is 2.31. The van der Waals surface area contributed by atoms with Gasteiger partial charge in [0, 0.05) is 6.61 Å². The highest BCUT2D eigenvalue weighted by molar-refractivity contribution is 5.29. The summed E-state index contributed by atoms with van der Waals surface area (Å²) in [6.45, 7) is 11.0. The molecule has 1 unspecified atom stereocenters. The van der Waals surface area contributed by atoms with Gasteiger partial charge in [0.05, 0.1) is 0 Å². The average Bonchev–Trinajstić information content (AvgIpc) is 2.15. The Morgan fingerprint density at radius 1 is 1.12 bits per heavy atom. The van der Waals surface area contributed by atoms with Crippen LogP contribution in [0, 0.1) is 25.2 Å². The van der Waals surface area contributed by atoms with E-state index < -0.39 is 0 Å². The standard InChI is InChI=1S/C15H24O/c1-11(2)15(5,10-16)9-14-7-12(3)6-13(4)8-14/h6-8,11,16H,9-10H2,1-5H3. The van der Waals surface area contributed by atoms with E-state index in [2.05, 4.69) is 52.8 Å². The van der Waals surface area contributed by atoms with Gasteiger partial charge >= 0.3 is 0 Å². The zero-order chi connectivity index (χ0) is 12.3. The minimum Gasteiger partial charge on any atom is -0.396 e. The summed E-state index contributed by atoms with van der Waals surface area (Å²) in [5.41, 5.74) is 3.93. The van der Waals surface area contributed by atoms with Crippen LogP contribution in [0.3, 0.4) is 0 Å². The molecule has 1 aromatic rings. The van der Waals surface area contributed by atoms with Gasteiger partial charge in [-0.15, -0.1) is 0 Å². The second-order valence-electron chi connectivity index (χ2n) is 5.64. The van der Waals surface area contributed by atoms with Crippen LogP contribution in [0.2, 0.25) is 0 Å². The smallest absolute Gasteiger partial charge is 0.0490 e. The van der Waals surface area contributed by atoms with Gasteiger partial charge in [-0.1, -0.05) is 50.1 Å². The van der Waals surface area contributed by atoms with Crippen LogP contribution in [0.15, 0.2) is 18.2 Å². The third kappa shape index (κ3) is 3.08. The first-order chi connectivity index (χ1) is 7.37. The van der Waals surface area contributed by atoms with Crippen LogP contribution in [0.4, 0.5) is 0 Å². The number of aryl methyl sites for hydroxylation is 2. The lowest BCUT2D eigenvalue weighted by atomic mass is 9.75.